The van der Waals surface area contributed by atoms with Gasteiger partial charge in [0.15, 0.2) is 11.5 Å². The zero-order valence-electron chi connectivity index (χ0n) is 16.6. The molecule has 0 radical (unpaired) electrons. The zero-order chi connectivity index (χ0) is 19.6. The van der Waals surface area contributed by atoms with Gasteiger partial charge in [0.2, 0.25) is 0 Å². The van der Waals surface area contributed by atoms with E-state index in [1.54, 1.807) is 14.2 Å². The highest BCUT2D eigenvalue weighted by molar-refractivity contribution is 5.75. The fourth-order valence-corrected chi connectivity index (χ4v) is 3.51. The molecule has 1 aliphatic rings. The molecule has 2 aromatic rings. The number of carbonyl (C=O) groups is 1. The molecule has 0 saturated heterocycles. The Balaban J connectivity index is 1.65. The molecule has 7 heteroatoms. The lowest BCUT2D eigenvalue weighted by atomic mass is 9.99. The van der Waals surface area contributed by atoms with Crippen LogP contribution in [-0.2, 0) is 19.4 Å². The summed E-state index contributed by atoms with van der Waals surface area (Å²) in [5, 5.41) is 7.06. The van der Waals surface area contributed by atoms with Crippen molar-refractivity contribution >= 4 is 6.03 Å². The zero-order valence-corrected chi connectivity index (χ0v) is 16.6. The van der Waals surface area contributed by atoms with Gasteiger partial charge in [-0.05, 0) is 56.9 Å². The third-order valence-corrected chi connectivity index (χ3v) is 5.07. The number of aryl methyl sites for hydroxylation is 2. The van der Waals surface area contributed by atoms with Crippen molar-refractivity contribution in [1.82, 2.24) is 15.4 Å². The molecule has 0 fully saturated rings. The van der Waals surface area contributed by atoms with Crippen LogP contribution in [0.5, 0.6) is 11.5 Å². The number of fused-ring (bicyclic) bond motifs is 1. The van der Waals surface area contributed by atoms with Crippen molar-refractivity contribution < 1.29 is 18.8 Å². The van der Waals surface area contributed by atoms with Crippen LogP contribution in [0, 0.1) is 13.8 Å². The molecule has 3 rings (SSSR count). The van der Waals surface area contributed by atoms with Crippen molar-refractivity contribution in [3.05, 3.63) is 40.3 Å². The van der Waals surface area contributed by atoms with E-state index in [-0.39, 0.29) is 12.1 Å². The number of nitrogens with zero attached hydrogens (tertiary/aromatic N) is 2. The third kappa shape index (κ3) is 4.02. The van der Waals surface area contributed by atoms with Gasteiger partial charge in [0.25, 0.3) is 0 Å². The number of hydrogen-bond donors (Lipinski definition) is 1. The van der Waals surface area contributed by atoms with Crippen LogP contribution >= 0.6 is 0 Å². The predicted octanol–water partition coefficient (Wildman–Crippen LogP) is 3.01. The SMILES string of the molecule is COc1cc2c(cc1OC)CN(C(=O)N[C@H](C)Cc1c(C)noc1C)CC2. The van der Waals surface area contributed by atoms with Crippen LogP contribution in [0.1, 0.15) is 35.1 Å². The summed E-state index contributed by atoms with van der Waals surface area (Å²) in [5.41, 5.74) is 4.22. The van der Waals surface area contributed by atoms with E-state index in [1.165, 1.54) is 5.56 Å². The van der Waals surface area contributed by atoms with Crippen molar-refractivity contribution in [3.63, 3.8) is 0 Å². The Morgan fingerprint density at radius 2 is 1.93 bits per heavy atom. The smallest absolute Gasteiger partial charge is 0.317 e. The van der Waals surface area contributed by atoms with Crippen LogP contribution in [-0.4, -0.2) is 42.9 Å². The number of carbonyl (C=O) groups excluding carboxylic acids is 1. The van der Waals surface area contributed by atoms with Crippen LogP contribution in [0.3, 0.4) is 0 Å². The number of benzene rings is 1. The average molecular weight is 373 g/mol. The van der Waals surface area contributed by atoms with Crippen LogP contribution in [0.2, 0.25) is 0 Å². The molecule has 1 atom stereocenters. The number of aromatic nitrogens is 1. The Morgan fingerprint density at radius 1 is 1.26 bits per heavy atom. The van der Waals surface area contributed by atoms with Gasteiger partial charge in [0.05, 0.1) is 19.9 Å². The Morgan fingerprint density at radius 3 is 2.52 bits per heavy atom. The van der Waals surface area contributed by atoms with Crippen molar-refractivity contribution in [3.8, 4) is 11.5 Å². The van der Waals surface area contributed by atoms with Gasteiger partial charge in [-0.25, -0.2) is 4.79 Å². The first-order valence-corrected chi connectivity index (χ1v) is 9.13. The number of methoxy groups -OCH3 is 2. The second-order valence-corrected chi connectivity index (χ2v) is 7.00. The largest absolute Gasteiger partial charge is 0.493 e. The summed E-state index contributed by atoms with van der Waals surface area (Å²) < 4.78 is 16.0. The molecule has 1 aliphatic heterocycles. The molecule has 7 nitrogen and oxygen atoms in total. The van der Waals surface area contributed by atoms with Gasteiger partial charge >= 0.3 is 6.03 Å². The molecule has 0 spiro atoms. The number of nitrogens with one attached hydrogen (secondary N) is 1. The lowest BCUT2D eigenvalue weighted by Crippen LogP contribution is -2.46. The summed E-state index contributed by atoms with van der Waals surface area (Å²) in [6.07, 6.45) is 1.49. The minimum atomic E-state index is -0.0605. The Hall–Kier alpha value is -2.70. The van der Waals surface area contributed by atoms with E-state index in [4.69, 9.17) is 14.0 Å². The summed E-state index contributed by atoms with van der Waals surface area (Å²) >= 11 is 0. The molecule has 146 valence electrons. The number of amides is 2. The number of hydrogen-bond acceptors (Lipinski definition) is 5. The first-order chi connectivity index (χ1) is 12.9. The summed E-state index contributed by atoms with van der Waals surface area (Å²) in [6, 6.07) is 3.89. The quantitative estimate of drug-likeness (QED) is 0.872. The summed E-state index contributed by atoms with van der Waals surface area (Å²) in [4.78, 5) is 14.5. The standard InChI is InChI=1S/C20H27N3O4/c1-12(8-17-13(2)22-27-14(17)3)21-20(24)23-7-6-15-9-18(25-4)19(26-5)10-16(15)11-23/h9-10,12H,6-8,11H2,1-5H3,(H,21,24)/t12-/m1/s1. The molecule has 0 bridgehead atoms. The van der Waals surface area contributed by atoms with E-state index in [1.807, 2.05) is 37.8 Å². The Bertz CT molecular complexity index is 811. The minimum Gasteiger partial charge on any atom is -0.493 e. The highest BCUT2D eigenvalue weighted by Crippen LogP contribution is 2.33. The van der Waals surface area contributed by atoms with Gasteiger partial charge in [-0.3, -0.25) is 0 Å². The Labute approximate surface area is 159 Å². The molecule has 2 amide bonds. The molecule has 27 heavy (non-hydrogen) atoms. The van der Waals surface area contributed by atoms with E-state index >= 15 is 0 Å². The van der Waals surface area contributed by atoms with Gasteiger partial charge < -0.3 is 24.2 Å². The van der Waals surface area contributed by atoms with Crippen LogP contribution in [0.15, 0.2) is 16.7 Å². The first kappa shape index (κ1) is 19.1. The molecule has 0 saturated carbocycles. The lowest BCUT2D eigenvalue weighted by Gasteiger charge is -2.30. The average Bonchev–Trinajstić information content (AvgIpc) is 2.98. The maximum absolute atomic E-state index is 12.7. The first-order valence-electron chi connectivity index (χ1n) is 9.13. The van der Waals surface area contributed by atoms with E-state index in [0.29, 0.717) is 25.3 Å². The second kappa shape index (κ2) is 7.90. The number of rotatable bonds is 5. The van der Waals surface area contributed by atoms with Crippen molar-refractivity contribution in [2.24, 2.45) is 0 Å². The van der Waals surface area contributed by atoms with E-state index in [9.17, 15) is 4.79 Å². The van der Waals surface area contributed by atoms with Gasteiger partial charge in [0.1, 0.15) is 5.76 Å². The van der Waals surface area contributed by atoms with Crippen LogP contribution < -0.4 is 14.8 Å². The monoisotopic (exact) mass is 373 g/mol. The van der Waals surface area contributed by atoms with E-state index in [0.717, 1.165) is 34.8 Å². The van der Waals surface area contributed by atoms with Gasteiger partial charge in [-0.15, -0.1) is 0 Å². The molecule has 1 aromatic carbocycles. The van der Waals surface area contributed by atoms with E-state index in [2.05, 4.69) is 10.5 Å². The summed E-state index contributed by atoms with van der Waals surface area (Å²) in [7, 11) is 3.25. The fraction of sp³-hybridized carbons (Fsp3) is 0.500. The molecular formula is C20H27N3O4. The van der Waals surface area contributed by atoms with Crippen LogP contribution in [0.25, 0.3) is 0 Å². The summed E-state index contributed by atoms with van der Waals surface area (Å²) in [5.74, 6) is 2.22. The van der Waals surface area contributed by atoms with Crippen molar-refractivity contribution in [1.29, 1.82) is 0 Å². The van der Waals surface area contributed by atoms with Crippen molar-refractivity contribution in [2.75, 3.05) is 20.8 Å². The van der Waals surface area contributed by atoms with E-state index < -0.39 is 0 Å². The molecule has 0 unspecified atom stereocenters. The Kier molecular flexibility index (Phi) is 5.58. The van der Waals surface area contributed by atoms with Gasteiger partial charge in [-0.2, -0.15) is 0 Å². The molecule has 0 aliphatic carbocycles. The molecular weight excluding hydrogens is 346 g/mol. The molecule has 2 heterocycles. The van der Waals surface area contributed by atoms with Gasteiger partial charge in [-0.1, -0.05) is 5.16 Å². The highest BCUT2D eigenvalue weighted by Gasteiger charge is 2.24. The second-order valence-electron chi connectivity index (χ2n) is 7.00. The lowest BCUT2D eigenvalue weighted by molar-refractivity contribution is 0.188. The van der Waals surface area contributed by atoms with Crippen molar-refractivity contribution in [2.45, 2.75) is 46.2 Å². The topological polar surface area (TPSA) is 76.8 Å². The third-order valence-electron chi connectivity index (χ3n) is 5.07. The molecule has 1 N–H and O–H groups in total. The number of urea groups is 1. The molecule has 1 aromatic heterocycles. The predicted molar refractivity (Wildman–Crippen MR) is 101 cm³/mol. The van der Waals surface area contributed by atoms with Crippen LogP contribution in [0.4, 0.5) is 4.79 Å². The minimum absolute atomic E-state index is 0.0129. The fourth-order valence-electron chi connectivity index (χ4n) is 3.51. The summed E-state index contributed by atoms with van der Waals surface area (Å²) in [6.45, 7) is 7.04. The maximum atomic E-state index is 12.7. The maximum Gasteiger partial charge on any atom is 0.317 e. The highest BCUT2D eigenvalue weighted by atomic mass is 16.5. The number of ether oxygens (including phenoxy) is 2. The normalized spacial score (nSPS) is 14.5. The van der Waals surface area contributed by atoms with Gasteiger partial charge in [0, 0.05) is 24.7 Å².